The molecule has 1 aliphatic rings. The molecule has 1 aliphatic heterocycles. The van der Waals surface area contributed by atoms with Gasteiger partial charge in [-0.3, -0.25) is 4.72 Å². The molecule has 0 aliphatic carbocycles. The summed E-state index contributed by atoms with van der Waals surface area (Å²) in [6.07, 6.45) is 0. The Kier molecular flexibility index (Phi) is 5.15. The van der Waals surface area contributed by atoms with Crippen LogP contribution >= 0.6 is 0 Å². The average molecular weight is 362 g/mol. The number of rotatable bonds is 5. The molecule has 1 N–H and O–H groups in total. The summed E-state index contributed by atoms with van der Waals surface area (Å²) in [5.41, 5.74) is 2.25. The summed E-state index contributed by atoms with van der Waals surface area (Å²) in [5.74, 6) is 0.480. The molecule has 0 spiro atoms. The van der Waals surface area contributed by atoms with Crippen molar-refractivity contribution in [2.45, 2.75) is 11.8 Å². The smallest absolute Gasteiger partial charge is 0.262 e. The number of hydrogen-bond donors (Lipinski definition) is 1. The van der Waals surface area contributed by atoms with Gasteiger partial charge in [0.05, 0.1) is 30.9 Å². The van der Waals surface area contributed by atoms with Crippen LogP contribution in [0, 0.1) is 6.92 Å². The van der Waals surface area contributed by atoms with E-state index in [0.717, 1.165) is 24.3 Å². The quantitative estimate of drug-likeness (QED) is 0.886. The van der Waals surface area contributed by atoms with Crippen molar-refractivity contribution in [3.8, 4) is 5.75 Å². The SMILES string of the molecule is COc1ccc(N2CCOCC2)cc1NS(=O)(=O)c1cccc(C)c1. The summed E-state index contributed by atoms with van der Waals surface area (Å²) in [6.45, 7) is 4.73. The molecule has 6 nitrogen and oxygen atoms in total. The van der Waals surface area contributed by atoms with Crippen molar-refractivity contribution in [2.24, 2.45) is 0 Å². The van der Waals surface area contributed by atoms with Crippen LogP contribution in [0.3, 0.4) is 0 Å². The van der Waals surface area contributed by atoms with Gasteiger partial charge < -0.3 is 14.4 Å². The number of hydrogen-bond acceptors (Lipinski definition) is 5. The first-order valence-electron chi connectivity index (χ1n) is 8.10. The van der Waals surface area contributed by atoms with Crippen molar-refractivity contribution in [1.82, 2.24) is 0 Å². The Balaban J connectivity index is 1.92. The van der Waals surface area contributed by atoms with E-state index in [1.54, 1.807) is 30.3 Å². The largest absolute Gasteiger partial charge is 0.495 e. The van der Waals surface area contributed by atoms with Crippen LogP contribution in [-0.2, 0) is 14.8 Å². The minimum atomic E-state index is -3.69. The number of aryl methyl sites for hydroxylation is 1. The van der Waals surface area contributed by atoms with Gasteiger partial charge >= 0.3 is 0 Å². The maximum absolute atomic E-state index is 12.7. The molecule has 0 radical (unpaired) electrons. The van der Waals surface area contributed by atoms with Gasteiger partial charge in [-0.25, -0.2) is 8.42 Å². The van der Waals surface area contributed by atoms with Crippen LogP contribution in [0.2, 0.25) is 0 Å². The fourth-order valence-corrected chi connectivity index (χ4v) is 3.95. The van der Waals surface area contributed by atoms with Gasteiger partial charge in [0.25, 0.3) is 10.0 Å². The minimum absolute atomic E-state index is 0.228. The van der Waals surface area contributed by atoms with Gasteiger partial charge in [-0.05, 0) is 42.8 Å². The lowest BCUT2D eigenvalue weighted by molar-refractivity contribution is 0.122. The Bertz CT molecular complexity index is 846. The van der Waals surface area contributed by atoms with Gasteiger partial charge in [0.2, 0.25) is 0 Å². The first-order chi connectivity index (χ1) is 12.0. The van der Waals surface area contributed by atoms with Crippen LogP contribution < -0.4 is 14.4 Å². The lowest BCUT2D eigenvalue weighted by atomic mass is 10.2. The van der Waals surface area contributed by atoms with Crippen LogP contribution in [0.1, 0.15) is 5.56 Å². The number of nitrogens with one attached hydrogen (secondary N) is 1. The van der Waals surface area contributed by atoms with Crippen molar-refractivity contribution in [1.29, 1.82) is 0 Å². The van der Waals surface area contributed by atoms with Gasteiger partial charge in [0.1, 0.15) is 5.75 Å². The second-order valence-corrected chi connectivity index (χ2v) is 7.59. The van der Waals surface area contributed by atoms with E-state index in [0.29, 0.717) is 24.7 Å². The number of anilines is 2. The zero-order valence-corrected chi connectivity index (χ0v) is 15.2. The summed E-state index contributed by atoms with van der Waals surface area (Å²) in [7, 11) is -2.17. The van der Waals surface area contributed by atoms with Crippen LogP contribution in [-0.4, -0.2) is 41.8 Å². The molecular formula is C18H22N2O4S. The molecule has 25 heavy (non-hydrogen) atoms. The van der Waals surface area contributed by atoms with E-state index in [9.17, 15) is 8.42 Å². The summed E-state index contributed by atoms with van der Waals surface area (Å²) >= 11 is 0. The molecule has 0 aromatic heterocycles. The standard InChI is InChI=1S/C18H22N2O4S/c1-14-4-3-5-16(12-14)25(21,22)19-17-13-15(6-7-18(17)23-2)20-8-10-24-11-9-20/h3-7,12-13,19H,8-11H2,1-2H3. The third kappa shape index (κ3) is 4.05. The normalized spacial score (nSPS) is 15.0. The molecule has 1 fully saturated rings. The lowest BCUT2D eigenvalue weighted by Crippen LogP contribution is -2.36. The molecule has 0 bridgehead atoms. The predicted molar refractivity (Wildman–Crippen MR) is 98.0 cm³/mol. The monoisotopic (exact) mass is 362 g/mol. The number of morpholine rings is 1. The molecule has 134 valence electrons. The second-order valence-electron chi connectivity index (χ2n) is 5.91. The Morgan fingerprint density at radius 3 is 2.56 bits per heavy atom. The second kappa shape index (κ2) is 7.33. The number of sulfonamides is 1. The molecule has 3 rings (SSSR count). The molecule has 2 aromatic rings. The van der Waals surface area contributed by atoms with Gasteiger partial charge in [-0.1, -0.05) is 12.1 Å². The van der Waals surface area contributed by atoms with Crippen molar-refractivity contribution < 1.29 is 17.9 Å². The Labute approximate surface area is 148 Å². The van der Waals surface area contributed by atoms with Gasteiger partial charge in [-0.15, -0.1) is 0 Å². The number of methoxy groups -OCH3 is 1. The first-order valence-corrected chi connectivity index (χ1v) is 9.58. The van der Waals surface area contributed by atoms with Crippen molar-refractivity contribution in [3.63, 3.8) is 0 Å². The zero-order valence-electron chi connectivity index (χ0n) is 14.4. The Hall–Kier alpha value is -2.25. The van der Waals surface area contributed by atoms with E-state index in [1.807, 2.05) is 19.1 Å². The van der Waals surface area contributed by atoms with E-state index in [4.69, 9.17) is 9.47 Å². The highest BCUT2D eigenvalue weighted by Crippen LogP contribution is 2.32. The van der Waals surface area contributed by atoms with E-state index in [-0.39, 0.29) is 4.90 Å². The molecule has 0 amide bonds. The van der Waals surface area contributed by atoms with Gasteiger partial charge in [0, 0.05) is 18.8 Å². The molecule has 2 aromatic carbocycles. The average Bonchev–Trinajstić information content (AvgIpc) is 2.62. The molecule has 0 unspecified atom stereocenters. The van der Waals surface area contributed by atoms with Crippen LogP contribution in [0.15, 0.2) is 47.4 Å². The van der Waals surface area contributed by atoms with E-state index < -0.39 is 10.0 Å². The number of ether oxygens (including phenoxy) is 2. The molecule has 0 atom stereocenters. The van der Waals surface area contributed by atoms with Crippen LogP contribution in [0.4, 0.5) is 11.4 Å². The molecule has 7 heteroatoms. The first kappa shape index (κ1) is 17.6. The molecule has 0 saturated carbocycles. The molecule has 1 heterocycles. The maximum atomic E-state index is 12.7. The summed E-state index contributed by atoms with van der Waals surface area (Å²) in [4.78, 5) is 2.39. The zero-order chi connectivity index (χ0) is 17.9. The van der Waals surface area contributed by atoms with Crippen LogP contribution in [0.25, 0.3) is 0 Å². The molecule has 1 saturated heterocycles. The van der Waals surface area contributed by atoms with E-state index >= 15 is 0 Å². The van der Waals surface area contributed by atoms with Crippen molar-refractivity contribution in [3.05, 3.63) is 48.0 Å². The highest BCUT2D eigenvalue weighted by atomic mass is 32.2. The van der Waals surface area contributed by atoms with Gasteiger partial charge in [-0.2, -0.15) is 0 Å². The Morgan fingerprint density at radius 2 is 1.88 bits per heavy atom. The lowest BCUT2D eigenvalue weighted by Gasteiger charge is -2.29. The summed E-state index contributed by atoms with van der Waals surface area (Å²) in [5, 5.41) is 0. The topological polar surface area (TPSA) is 67.9 Å². The fourth-order valence-electron chi connectivity index (χ4n) is 2.78. The predicted octanol–water partition coefficient (Wildman–Crippen LogP) is 2.64. The van der Waals surface area contributed by atoms with Crippen molar-refractivity contribution >= 4 is 21.4 Å². The highest BCUT2D eigenvalue weighted by molar-refractivity contribution is 7.92. The number of benzene rings is 2. The van der Waals surface area contributed by atoms with E-state index in [2.05, 4.69) is 9.62 Å². The summed E-state index contributed by atoms with van der Waals surface area (Å²) < 4.78 is 38.8. The van der Waals surface area contributed by atoms with Crippen molar-refractivity contribution in [2.75, 3.05) is 43.0 Å². The summed E-state index contributed by atoms with van der Waals surface area (Å²) in [6, 6.07) is 12.3. The maximum Gasteiger partial charge on any atom is 0.262 e. The third-order valence-electron chi connectivity index (χ3n) is 4.10. The minimum Gasteiger partial charge on any atom is -0.495 e. The Morgan fingerprint density at radius 1 is 1.12 bits per heavy atom. The fraction of sp³-hybridized carbons (Fsp3) is 0.333. The third-order valence-corrected chi connectivity index (χ3v) is 5.47. The highest BCUT2D eigenvalue weighted by Gasteiger charge is 2.19. The molecular weight excluding hydrogens is 340 g/mol. The van der Waals surface area contributed by atoms with E-state index in [1.165, 1.54) is 7.11 Å². The van der Waals surface area contributed by atoms with Crippen LogP contribution in [0.5, 0.6) is 5.75 Å². The number of nitrogens with zero attached hydrogens (tertiary/aromatic N) is 1. The van der Waals surface area contributed by atoms with Gasteiger partial charge in [0.15, 0.2) is 0 Å².